The van der Waals surface area contributed by atoms with Crippen molar-refractivity contribution >= 4 is 23.6 Å². The van der Waals surface area contributed by atoms with Crippen LogP contribution in [0.1, 0.15) is 37.7 Å². The van der Waals surface area contributed by atoms with Crippen LogP contribution in [0.3, 0.4) is 0 Å². The van der Waals surface area contributed by atoms with Gasteiger partial charge < -0.3 is 10.0 Å². The van der Waals surface area contributed by atoms with Gasteiger partial charge in [-0.15, -0.1) is 11.8 Å². The number of benzene rings is 1. The SMILES string of the molecule is Cc1ccccc1SCC(=O)N1CCCCC1CCC(=O)O. The summed E-state index contributed by atoms with van der Waals surface area (Å²) in [5.41, 5.74) is 1.18. The molecule has 1 aliphatic rings. The largest absolute Gasteiger partial charge is 0.481 e. The third kappa shape index (κ3) is 4.77. The third-order valence-electron chi connectivity index (χ3n) is 4.08. The van der Waals surface area contributed by atoms with Crippen LogP contribution >= 0.6 is 11.8 Å². The first-order valence-corrected chi connectivity index (χ1v) is 8.76. The summed E-state index contributed by atoms with van der Waals surface area (Å²) in [7, 11) is 0. The molecule has 1 unspecified atom stereocenters. The lowest BCUT2D eigenvalue weighted by Crippen LogP contribution is -2.44. The summed E-state index contributed by atoms with van der Waals surface area (Å²) in [5.74, 6) is -0.232. The summed E-state index contributed by atoms with van der Waals surface area (Å²) >= 11 is 1.57. The smallest absolute Gasteiger partial charge is 0.303 e. The van der Waals surface area contributed by atoms with Crippen molar-refractivity contribution in [2.24, 2.45) is 0 Å². The molecular formula is C17H23NO3S. The van der Waals surface area contributed by atoms with Crippen LogP contribution in [0, 0.1) is 6.92 Å². The third-order valence-corrected chi connectivity index (χ3v) is 5.24. The van der Waals surface area contributed by atoms with Gasteiger partial charge in [0.1, 0.15) is 0 Å². The first kappa shape index (κ1) is 16.9. The summed E-state index contributed by atoms with van der Waals surface area (Å²) in [6, 6.07) is 8.15. The number of aliphatic carboxylic acids is 1. The van der Waals surface area contributed by atoms with Gasteiger partial charge in [-0.05, 0) is 44.2 Å². The number of carboxylic acids is 1. The minimum atomic E-state index is -0.785. The highest BCUT2D eigenvalue weighted by Crippen LogP contribution is 2.25. The monoisotopic (exact) mass is 321 g/mol. The maximum absolute atomic E-state index is 12.5. The topological polar surface area (TPSA) is 57.6 Å². The second-order valence-electron chi connectivity index (χ2n) is 5.72. The molecule has 1 fully saturated rings. The van der Waals surface area contributed by atoms with Crippen LogP contribution in [-0.4, -0.2) is 40.2 Å². The number of carbonyl (C=O) groups is 2. The number of nitrogens with zero attached hydrogens (tertiary/aromatic N) is 1. The number of carbonyl (C=O) groups excluding carboxylic acids is 1. The molecule has 1 aliphatic heterocycles. The Morgan fingerprint density at radius 2 is 2.09 bits per heavy atom. The fourth-order valence-corrected chi connectivity index (χ4v) is 3.78. The quantitative estimate of drug-likeness (QED) is 0.817. The highest BCUT2D eigenvalue weighted by molar-refractivity contribution is 8.00. The van der Waals surface area contributed by atoms with E-state index >= 15 is 0 Å². The van der Waals surface area contributed by atoms with Gasteiger partial charge in [0, 0.05) is 23.9 Å². The molecule has 0 radical (unpaired) electrons. The molecule has 1 aromatic rings. The Labute approximate surface area is 135 Å². The Kier molecular flexibility index (Phi) is 6.31. The second-order valence-corrected chi connectivity index (χ2v) is 6.74. The molecule has 0 spiro atoms. The molecule has 0 bridgehead atoms. The Balaban J connectivity index is 1.91. The van der Waals surface area contributed by atoms with E-state index in [0.29, 0.717) is 12.2 Å². The maximum atomic E-state index is 12.5. The van der Waals surface area contributed by atoms with Crippen LogP contribution < -0.4 is 0 Å². The Bertz CT molecular complexity index is 532. The summed E-state index contributed by atoms with van der Waals surface area (Å²) in [4.78, 5) is 26.3. The Hall–Kier alpha value is -1.49. The maximum Gasteiger partial charge on any atom is 0.303 e. The lowest BCUT2D eigenvalue weighted by atomic mass is 9.98. The van der Waals surface area contributed by atoms with Crippen LogP contribution in [0.2, 0.25) is 0 Å². The predicted octanol–water partition coefficient (Wildman–Crippen LogP) is 3.33. The van der Waals surface area contributed by atoms with Gasteiger partial charge in [0.2, 0.25) is 5.91 Å². The number of amides is 1. The average molecular weight is 321 g/mol. The molecule has 1 N–H and O–H groups in total. The average Bonchev–Trinajstić information content (AvgIpc) is 2.52. The van der Waals surface area contributed by atoms with Gasteiger partial charge in [0.25, 0.3) is 0 Å². The number of likely N-dealkylation sites (tertiary alicyclic amines) is 1. The lowest BCUT2D eigenvalue weighted by molar-refractivity contribution is -0.139. The van der Waals surface area contributed by atoms with Gasteiger partial charge >= 0.3 is 5.97 Å². The van der Waals surface area contributed by atoms with Gasteiger partial charge in [0.05, 0.1) is 5.75 Å². The van der Waals surface area contributed by atoms with E-state index in [1.54, 1.807) is 11.8 Å². The van der Waals surface area contributed by atoms with Crippen molar-refractivity contribution in [3.05, 3.63) is 29.8 Å². The molecule has 0 aromatic heterocycles. The molecule has 1 saturated heterocycles. The zero-order valence-electron chi connectivity index (χ0n) is 13.0. The van der Waals surface area contributed by atoms with Gasteiger partial charge in [-0.3, -0.25) is 9.59 Å². The molecule has 1 atom stereocenters. The molecule has 5 heteroatoms. The van der Waals surface area contributed by atoms with E-state index in [1.165, 1.54) is 5.56 Å². The van der Waals surface area contributed by atoms with Crippen LogP contribution in [0.25, 0.3) is 0 Å². The Morgan fingerprint density at radius 3 is 2.82 bits per heavy atom. The zero-order valence-corrected chi connectivity index (χ0v) is 13.8. The van der Waals surface area contributed by atoms with Crippen molar-refractivity contribution in [1.29, 1.82) is 0 Å². The first-order chi connectivity index (χ1) is 10.6. The van der Waals surface area contributed by atoms with Crippen molar-refractivity contribution < 1.29 is 14.7 Å². The van der Waals surface area contributed by atoms with Crippen LogP contribution in [-0.2, 0) is 9.59 Å². The number of thioether (sulfide) groups is 1. The van der Waals surface area contributed by atoms with E-state index in [9.17, 15) is 9.59 Å². The highest BCUT2D eigenvalue weighted by Gasteiger charge is 2.26. The van der Waals surface area contributed by atoms with E-state index in [-0.39, 0.29) is 18.4 Å². The molecular weight excluding hydrogens is 298 g/mol. The Morgan fingerprint density at radius 1 is 1.32 bits per heavy atom. The van der Waals surface area contributed by atoms with Crippen molar-refractivity contribution in [1.82, 2.24) is 4.90 Å². The number of piperidine rings is 1. The van der Waals surface area contributed by atoms with E-state index in [0.717, 1.165) is 30.7 Å². The van der Waals surface area contributed by atoms with Crippen molar-refractivity contribution in [2.45, 2.75) is 50.0 Å². The number of hydrogen-bond acceptors (Lipinski definition) is 3. The van der Waals surface area contributed by atoms with Gasteiger partial charge in [-0.1, -0.05) is 18.2 Å². The molecule has 1 amide bonds. The normalized spacial score (nSPS) is 18.2. The summed E-state index contributed by atoms with van der Waals surface area (Å²) < 4.78 is 0. The number of hydrogen-bond donors (Lipinski definition) is 1. The number of aryl methyl sites for hydroxylation is 1. The van der Waals surface area contributed by atoms with E-state index in [2.05, 4.69) is 0 Å². The van der Waals surface area contributed by atoms with E-state index in [1.807, 2.05) is 36.1 Å². The van der Waals surface area contributed by atoms with Crippen molar-refractivity contribution in [3.8, 4) is 0 Å². The van der Waals surface area contributed by atoms with Crippen LogP contribution in [0.15, 0.2) is 29.2 Å². The van der Waals surface area contributed by atoms with Crippen molar-refractivity contribution in [3.63, 3.8) is 0 Å². The molecule has 4 nitrogen and oxygen atoms in total. The van der Waals surface area contributed by atoms with Gasteiger partial charge in [-0.2, -0.15) is 0 Å². The molecule has 0 saturated carbocycles. The fourth-order valence-electron chi connectivity index (χ4n) is 2.86. The van der Waals surface area contributed by atoms with Crippen LogP contribution in [0.5, 0.6) is 0 Å². The predicted molar refractivity (Wildman–Crippen MR) is 88.1 cm³/mol. The van der Waals surface area contributed by atoms with Gasteiger partial charge in [-0.25, -0.2) is 0 Å². The minimum absolute atomic E-state index is 0.0924. The second kappa shape index (κ2) is 8.22. The molecule has 22 heavy (non-hydrogen) atoms. The summed E-state index contributed by atoms with van der Waals surface area (Å²) in [5, 5.41) is 8.84. The summed E-state index contributed by atoms with van der Waals surface area (Å²) in [6.45, 7) is 2.81. The first-order valence-electron chi connectivity index (χ1n) is 7.77. The molecule has 2 rings (SSSR count). The van der Waals surface area contributed by atoms with Crippen molar-refractivity contribution in [2.75, 3.05) is 12.3 Å². The molecule has 1 aromatic carbocycles. The lowest BCUT2D eigenvalue weighted by Gasteiger charge is -2.35. The molecule has 1 heterocycles. The van der Waals surface area contributed by atoms with Gasteiger partial charge in [0.15, 0.2) is 0 Å². The van der Waals surface area contributed by atoms with E-state index in [4.69, 9.17) is 5.11 Å². The molecule has 0 aliphatic carbocycles. The van der Waals surface area contributed by atoms with Crippen LogP contribution in [0.4, 0.5) is 0 Å². The van der Waals surface area contributed by atoms with E-state index < -0.39 is 5.97 Å². The minimum Gasteiger partial charge on any atom is -0.481 e. The standard InChI is InChI=1S/C17H23NO3S/c1-13-6-2-3-8-15(13)22-12-16(19)18-11-5-4-7-14(18)9-10-17(20)21/h2-3,6,8,14H,4-5,7,9-12H2,1H3,(H,20,21). The molecule has 120 valence electrons. The zero-order chi connectivity index (χ0) is 15.9. The highest BCUT2D eigenvalue weighted by atomic mass is 32.2. The number of rotatable bonds is 6. The summed E-state index contributed by atoms with van der Waals surface area (Å²) in [6.07, 6.45) is 3.73. The fraction of sp³-hybridized carbons (Fsp3) is 0.529. The number of carboxylic acid groups (broad SMARTS) is 1.